The van der Waals surface area contributed by atoms with Gasteiger partial charge >= 0.3 is 0 Å². The highest BCUT2D eigenvalue weighted by Crippen LogP contribution is 2.19. The standard InChI is InChI=1S/C9H10ClNO.C2H6/c1-6-5-8(10)3-4-9(6)11-7(2)12;1-2/h3-5H,1-2H3,(H,11,12);1-2H3. The van der Waals surface area contributed by atoms with Gasteiger partial charge in [-0.25, -0.2) is 0 Å². The molecule has 1 aromatic rings. The Balaban J connectivity index is 0.000000791. The topological polar surface area (TPSA) is 29.1 Å². The number of carbonyl (C=O) groups is 1. The maximum Gasteiger partial charge on any atom is 0.221 e. The van der Waals surface area contributed by atoms with E-state index in [9.17, 15) is 4.79 Å². The Hall–Kier alpha value is -1.02. The van der Waals surface area contributed by atoms with Gasteiger partial charge < -0.3 is 5.32 Å². The predicted molar refractivity (Wildman–Crippen MR) is 61.8 cm³/mol. The molecule has 0 unspecified atom stereocenters. The number of anilines is 1. The predicted octanol–water partition coefficient (Wildman–Crippen LogP) is 3.63. The number of nitrogens with one attached hydrogen (secondary N) is 1. The van der Waals surface area contributed by atoms with Crippen molar-refractivity contribution in [3.05, 3.63) is 28.8 Å². The summed E-state index contributed by atoms with van der Waals surface area (Å²) in [6.07, 6.45) is 0. The maximum absolute atomic E-state index is 10.7. The van der Waals surface area contributed by atoms with E-state index in [1.165, 1.54) is 6.92 Å². The number of hydrogen-bond donors (Lipinski definition) is 1. The Kier molecular flexibility index (Phi) is 5.97. The zero-order valence-electron chi connectivity index (χ0n) is 9.02. The molecule has 0 saturated carbocycles. The van der Waals surface area contributed by atoms with Crippen LogP contribution < -0.4 is 5.32 Å². The minimum absolute atomic E-state index is 0.0691. The van der Waals surface area contributed by atoms with Crippen LogP contribution >= 0.6 is 11.6 Å². The third-order valence-corrected chi connectivity index (χ3v) is 1.73. The quantitative estimate of drug-likeness (QED) is 0.759. The van der Waals surface area contributed by atoms with Crippen molar-refractivity contribution in [2.24, 2.45) is 0 Å². The number of aryl methyl sites for hydroxylation is 1. The molecule has 14 heavy (non-hydrogen) atoms. The molecule has 0 aromatic heterocycles. The van der Waals surface area contributed by atoms with Crippen LogP contribution in [-0.2, 0) is 4.79 Å². The van der Waals surface area contributed by atoms with Crippen molar-refractivity contribution in [3.8, 4) is 0 Å². The van der Waals surface area contributed by atoms with Gasteiger partial charge in [0.2, 0.25) is 5.91 Å². The molecule has 0 radical (unpaired) electrons. The van der Waals surface area contributed by atoms with E-state index >= 15 is 0 Å². The lowest BCUT2D eigenvalue weighted by atomic mass is 10.2. The fourth-order valence-corrected chi connectivity index (χ4v) is 1.18. The number of carbonyl (C=O) groups excluding carboxylic acids is 1. The Morgan fingerprint density at radius 1 is 1.36 bits per heavy atom. The second-order valence-corrected chi connectivity index (χ2v) is 3.08. The van der Waals surface area contributed by atoms with Crippen LogP contribution in [0.1, 0.15) is 26.3 Å². The Morgan fingerprint density at radius 2 is 1.93 bits per heavy atom. The van der Waals surface area contributed by atoms with Gasteiger partial charge in [-0.05, 0) is 30.7 Å². The molecule has 1 aromatic carbocycles. The SMILES string of the molecule is CC.CC(=O)Nc1ccc(Cl)cc1C. The van der Waals surface area contributed by atoms with E-state index in [4.69, 9.17) is 11.6 Å². The molecule has 0 aliphatic rings. The lowest BCUT2D eigenvalue weighted by Gasteiger charge is -2.05. The summed E-state index contributed by atoms with van der Waals surface area (Å²) in [6, 6.07) is 5.35. The minimum atomic E-state index is -0.0691. The van der Waals surface area contributed by atoms with Gasteiger partial charge in [-0.3, -0.25) is 4.79 Å². The van der Waals surface area contributed by atoms with Gasteiger partial charge in [0.15, 0.2) is 0 Å². The van der Waals surface area contributed by atoms with Gasteiger partial charge in [0, 0.05) is 17.6 Å². The minimum Gasteiger partial charge on any atom is -0.326 e. The van der Waals surface area contributed by atoms with Crippen LogP contribution in [0.5, 0.6) is 0 Å². The average molecular weight is 214 g/mol. The molecular weight excluding hydrogens is 198 g/mol. The molecule has 2 nitrogen and oxygen atoms in total. The van der Waals surface area contributed by atoms with Crippen LogP contribution in [0.15, 0.2) is 18.2 Å². The van der Waals surface area contributed by atoms with Crippen molar-refractivity contribution < 1.29 is 4.79 Å². The lowest BCUT2D eigenvalue weighted by molar-refractivity contribution is -0.114. The van der Waals surface area contributed by atoms with Crippen molar-refractivity contribution in [2.75, 3.05) is 5.32 Å². The molecule has 78 valence electrons. The molecule has 1 rings (SSSR count). The van der Waals surface area contributed by atoms with Crippen LogP contribution in [0.25, 0.3) is 0 Å². The third kappa shape index (κ3) is 4.28. The van der Waals surface area contributed by atoms with E-state index in [0.717, 1.165) is 11.3 Å². The molecule has 1 amide bonds. The molecule has 0 heterocycles. The molecule has 0 spiro atoms. The van der Waals surface area contributed by atoms with Crippen molar-refractivity contribution in [3.63, 3.8) is 0 Å². The van der Waals surface area contributed by atoms with Crippen LogP contribution in [0.4, 0.5) is 5.69 Å². The first-order chi connectivity index (χ1) is 6.59. The fourth-order valence-electron chi connectivity index (χ4n) is 0.957. The number of rotatable bonds is 1. The molecule has 0 bridgehead atoms. The molecule has 0 aliphatic heterocycles. The van der Waals surface area contributed by atoms with Crippen LogP contribution in [0, 0.1) is 6.92 Å². The average Bonchev–Trinajstić information content (AvgIpc) is 2.13. The van der Waals surface area contributed by atoms with Crippen molar-refractivity contribution in [2.45, 2.75) is 27.7 Å². The van der Waals surface area contributed by atoms with Crippen LogP contribution in [0.2, 0.25) is 5.02 Å². The molecule has 1 N–H and O–H groups in total. The highest BCUT2D eigenvalue weighted by atomic mass is 35.5. The zero-order valence-corrected chi connectivity index (χ0v) is 9.77. The monoisotopic (exact) mass is 213 g/mol. The summed E-state index contributed by atoms with van der Waals surface area (Å²) < 4.78 is 0. The first kappa shape index (κ1) is 13.0. The van der Waals surface area contributed by atoms with Crippen LogP contribution in [-0.4, -0.2) is 5.91 Å². The van der Waals surface area contributed by atoms with Gasteiger partial charge in [-0.1, -0.05) is 25.4 Å². The molecular formula is C11H16ClNO. The zero-order chi connectivity index (χ0) is 11.1. The van der Waals surface area contributed by atoms with E-state index in [1.54, 1.807) is 12.1 Å². The number of benzene rings is 1. The van der Waals surface area contributed by atoms with Gasteiger partial charge in [-0.2, -0.15) is 0 Å². The third-order valence-electron chi connectivity index (χ3n) is 1.50. The molecule has 0 saturated heterocycles. The summed E-state index contributed by atoms with van der Waals surface area (Å²) in [5.74, 6) is -0.0691. The molecule has 0 aliphatic carbocycles. The smallest absolute Gasteiger partial charge is 0.221 e. The number of hydrogen-bond acceptors (Lipinski definition) is 1. The summed E-state index contributed by atoms with van der Waals surface area (Å²) in [6.45, 7) is 7.38. The second-order valence-electron chi connectivity index (χ2n) is 2.64. The summed E-state index contributed by atoms with van der Waals surface area (Å²) in [4.78, 5) is 10.7. The van der Waals surface area contributed by atoms with Crippen molar-refractivity contribution in [1.82, 2.24) is 0 Å². The van der Waals surface area contributed by atoms with Crippen molar-refractivity contribution in [1.29, 1.82) is 0 Å². The van der Waals surface area contributed by atoms with Crippen LogP contribution in [0.3, 0.4) is 0 Å². The second kappa shape index (κ2) is 6.44. The summed E-state index contributed by atoms with van der Waals surface area (Å²) in [7, 11) is 0. The number of halogens is 1. The normalized spacial score (nSPS) is 8.64. The van der Waals surface area contributed by atoms with Gasteiger partial charge in [0.05, 0.1) is 0 Å². The number of amides is 1. The lowest BCUT2D eigenvalue weighted by Crippen LogP contribution is -2.06. The first-order valence-corrected chi connectivity index (χ1v) is 5.01. The fraction of sp³-hybridized carbons (Fsp3) is 0.364. The van der Waals surface area contributed by atoms with Crippen molar-refractivity contribution >= 4 is 23.2 Å². The highest BCUT2D eigenvalue weighted by molar-refractivity contribution is 6.30. The Bertz CT molecular complexity index is 310. The summed E-state index contributed by atoms with van der Waals surface area (Å²) >= 11 is 5.74. The highest BCUT2D eigenvalue weighted by Gasteiger charge is 1.99. The van der Waals surface area contributed by atoms with E-state index in [1.807, 2.05) is 26.8 Å². The summed E-state index contributed by atoms with van der Waals surface area (Å²) in [5.41, 5.74) is 1.78. The Labute approximate surface area is 90.3 Å². The molecule has 0 fully saturated rings. The first-order valence-electron chi connectivity index (χ1n) is 4.63. The molecule has 3 heteroatoms. The largest absolute Gasteiger partial charge is 0.326 e. The van der Waals surface area contributed by atoms with Gasteiger partial charge in [0.1, 0.15) is 0 Å². The Morgan fingerprint density at radius 3 is 2.36 bits per heavy atom. The summed E-state index contributed by atoms with van der Waals surface area (Å²) in [5, 5.41) is 3.38. The van der Waals surface area contributed by atoms with E-state index in [0.29, 0.717) is 5.02 Å². The van der Waals surface area contributed by atoms with Gasteiger partial charge in [-0.15, -0.1) is 0 Å². The van der Waals surface area contributed by atoms with E-state index < -0.39 is 0 Å². The maximum atomic E-state index is 10.7. The van der Waals surface area contributed by atoms with Gasteiger partial charge in [0.25, 0.3) is 0 Å². The van der Waals surface area contributed by atoms with E-state index in [2.05, 4.69) is 5.32 Å². The van der Waals surface area contributed by atoms with E-state index in [-0.39, 0.29) is 5.91 Å². The molecule has 0 atom stereocenters.